The molecule has 1 aromatic carbocycles. The standard InChI is InChI=1S/C9H5Cl2F3O/c1-4(15)5-2-6(10)8(7(11)3-5)9(12,13)14/h2-3H,1H3. The number of benzene rings is 1. The Kier molecular flexibility index (Phi) is 3.31. The number of carbonyl (C=O) groups excluding carboxylic acids is 1. The Morgan fingerprint density at radius 1 is 1.20 bits per heavy atom. The fourth-order valence-corrected chi connectivity index (χ4v) is 1.75. The van der Waals surface area contributed by atoms with E-state index in [1.54, 1.807) is 0 Å². The minimum absolute atomic E-state index is 0.0537. The van der Waals surface area contributed by atoms with Crippen molar-refractivity contribution in [2.75, 3.05) is 0 Å². The summed E-state index contributed by atoms with van der Waals surface area (Å²) in [5.41, 5.74) is -1.06. The van der Waals surface area contributed by atoms with Crippen LogP contribution in [0.1, 0.15) is 22.8 Å². The van der Waals surface area contributed by atoms with Gasteiger partial charge >= 0.3 is 6.18 Å². The van der Waals surface area contributed by atoms with Crippen LogP contribution < -0.4 is 0 Å². The minimum Gasteiger partial charge on any atom is -0.295 e. The fourth-order valence-electron chi connectivity index (χ4n) is 1.05. The summed E-state index contributed by atoms with van der Waals surface area (Å²) in [5.74, 6) is -0.396. The molecule has 0 saturated heterocycles. The molecule has 1 nitrogen and oxygen atoms in total. The quantitative estimate of drug-likeness (QED) is 0.688. The van der Waals surface area contributed by atoms with Crippen LogP contribution in [0.15, 0.2) is 12.1 Å². The Morgan fingerprint density at radius 2 is 1.60 bits per heavy atom. The van der Waals surface area contributed by atoms with E-state index in [-0.39, 0.29) is 5.56 Å². The molecule has 1 rings (SSSR count). The molecule has 1 aromatic rings. The van der Waals surface area contributed by atoms with E-state index in [1.807, 2.05) is 0 Å². The van der Waals surface area contributed by atoms with Crippen LogP contribution in [0.2, 0.25) is 10.0 Å². The van der Waals surface area contributed by atoms with Crippen molar-refractivity contribution in [2.24, 2.45) is 0 Å². The number of halogens is 5. The maximum Gasteiger partial charge on any atom is 0.419 e. The number of alkyl halides is 3. The Hall–Kier alpha value is -0.740. The molecule has 0 bridgehead atoms. The van der Waals surface area contributed by atoms with Gasteiger partial charge in [-0.3, -0.25) is 4.79 Å². The second-order valence-electron chi connectivity index (χ2n) is 2.87. The van der Waals surface area contributed by atoms with E-state index in [0.717, 1.165) is 12.1 Å². The first-order valence-electron chi connectivity index (χ1n) is 3.80. The molecule has 15 heavy (non-hydrogen) atoms. The van der Waals surface area contributed by atoms with Gasteiger partial charge in [0.2, 0.25) is 0 Å². The summed E-state index contributed by atoms with van der Waals surface area (Å²) < 4.78 is 37.2. The van der Waals surface area contributed by atoms with Gasteiger partial charge in [0.1, 0.15) is 0 Å². The zero-order valence-electron chi connectivity index (χ0n) is 7.45. The van der Waals surface area contributed by atoms with Gasteiger partial charge < -0.3 is 0 Å². The van der Waals surface area contributed by atoms with E-state index >= 15 is 0 Å². The number of hydrogen-bond acceptors (Lipinski definition) is 1. The lowest BCUT2D eigenvalue weighted by Crippen LogP contribution is -2.08. The van der Waals surface area contributed by atoms with E-state index < -0.39 is 27.6 Å². The minimum atomic E-state index is -4.62. The smallest absolute Gasteiger partial charge is 0.295 e. The third-order valence-corrected chi connectivity index (χ3v) is 2.33. The molecule has 0 atom stereocenters. The van der Waals surface area contributed by atoms with Crippen molar-refractivity contribution in [3.05, 3.63) is 33.3 Å². The van der Waals surface area contributed by atoms with Crippen LogP contribution in [0, 0.1) is 0 Å². The van der Waals surface area contributed by atoms with Crippen molar-refractivity contribution in [1.82, 2.24) is 0 Å². The average molecular weight is 257 g/mol. The van der Waals surface area contributed by atoms with Gasteiger partial charge in [0.05, 0.1) is 15.6 Å². The lowest BCUT2D eigenvalue weighted by molar-refractivity contribution is -0.137. The van der Waals surface area contributed by atoms with E-state index in [4.69, 9.17) is 23.2 Å². The number of hydrogen-bond donors (Lipinski definition) is 0. The van der Waals surface area contributed by atoms with Gasteiger partial charge in [-0.05, 0) is 19.1 Å². The summed E-state index contributed by atoms with van der Waals surface area (Å²) in [6.07, 6.45) is -4.62. The largest absolute Gasteiger partial charge is 0.419 e. The van der Waals surface area contributed by atoms with E-state index in [2.05, 4.69) is 0 Å². The monoisotopic (exact) mass is 256 g/mol. The second kappa shape index (κ2) is 4.02. The van der Waals surface area contributed by atoms with E-state index in [0.29, 0.717) is 0 Å². The van der Waals surface area contributed by atoms with Crippen LogP contribution in [0.3, 0.4) is 0 Å². The Morgan fingerprint density at radius 3 is 1.87 bits per heavy atom. The molecule has 82 valence electrons. The van der Waals surface area contributed by atoms with Gasteiger partial charge in [0.15, 0.2) is 5.78 Å². The Bertz CT molecular complexity index is 389. The zero-order valence-corrected chi connectivity index (χ0v) is 8.96. The van der Waals surface area contributed by atoms with Gasteiger partial charge in [-0.1, -0.05) is 23.2 Å². The number of carbonyl (C=O) groups is 1. The zero-order chi connectivity index (χ0) is 11.8. The van der Waals surface area contributed by atoms with Gasteiger partial charge in [0, 0.05) is 5.56 Å². The molecule has 0 aliphatic heterocycles. The predicted molar refractivity (Wildman–Crippen MR) is 51.5 cm³/mol. The molecule has 0 heterocycles. The molecule has 0 saturated carbocycles. The van der Waals surface area contributed by atoms with Crippen molar-refractivity contribution in [3.63, 3.8) is 0 Å². The molecule has 0 N–H and O–H groups in total. The molecule has 0 amide bonds. The highest BCUT2D eigenvalue weighted by atomic mass is 35.5. The van der Waals surface area contributed by atoms with Gasteiger partial charge in [-0.25, -0.2) is 0 Å². The van der Waals surface area contributed by atoms with Gasteiger partial charge in [0.25, 0.3) is 0 Å². The summed E-state index contributed by atoms with van der Waals surface area (Å²) in [4.78, 5) is 10.9. The summed E-state index contributed by atoms with van der Waals surface area (Å²) in [7, 11) is 0. The molecular formula is C9H5Cl2F3O. The molecule has 0 aliphatic carbocycles. The normalized spacial score (nSPS) is 11.6. The highest BCUT2D eigenvalue weighted by molar-refractivity contribution is 6.36. The van der Waals surface area contributed by atoms with Gasteiger partial charge in [-0.2, -0.15) is 13.2 Å². The van der Waals surface area contributed by atoms with Crippen molar-refractivity contribution in [2.45, 2.75) is 13.1 Å². The third-order valence-electron chi connectivity index (χ3n) is 1.73. The Balaban J connectivity index is 3.41. The van der Waals surface area contributed by atoms with Crippen molar-refractivity contribution in [3.8, 4) is 0 Å². The predicted octanol–water partition coefficient (Wildman–Crippen LogP) is 4.21. The topological polar surface area (TPSA) is 17.1 Å². The molecule has 6 heteroatoms. The fraction of sp³-hybridized carbons (Fsp3) is 0.222. The van der Waals surface area contributed by atoms with E-state index in [1.165, 1.54) is 6.92 Å². The summed E-state index contributed by atoms with van der Waals surface area (Å²) in [6.45, 7) is 1.22. The molecule has 0 radical (unpaired) electrons. The first-order chi connectivity index (χ1) is 6.73. The van der Waals surface area contributed by atoms with Crippen molar-refractivity contribution < 1.29 is 18.0 Å². The summed E-state index contributed by atoms with van der Waals surface area (Å²) in [5, 5.41) is -1.14. The lowest BCUT2D eigenvalue weighted by atomic mass is 10.1. The molecule has 0 unspecified atom stereocenters. The van der Waals surface area contributed by atoms with Crippen LogP contribution in [-0.2, 0) is 6.18 Å². The maximum atomic E-state index is 12.4. The highest BCUT2D eigenvalue weighted by Crippen LogP contribution is 2.40. The number of ketones is 1. The SMILES string of the molecule is CC(=O)c1cc(Cl)c(C(F)(F)F)c(Cl)c1. The number of Topliss-reactive ketones (excluding diaryl/α,β-unsaturated/α-hetero) is 1. The highest BCUT2D eigenvalue weighted by Gasteiger charge is 2.36. The van der Waals surface area contributed by atoms with Crippen LogP contribution in [0.25, 0.3) is 0 Å². The van der Waals surface area contributed by atoms with E-state index in [9.17, 15) is 18.0 Å². The summed E-state index contributed by atoms with van der Waals surface area (Å²) >= 11 is 10.8. The van der Waals surface area contributed by atoms with Crippen LogP contribution in [0.4, 0.5) is 13.2 Å². The molecule has 0 aliphatic rings. The first kappa shape index (κ1) is 12.3. The molecule has 0 spiro atoms. The first-order valence-corrected chi connectivity index (χ1v) is 4.56. The number of rotatable bonds is 1. The van der Waals surface area contributed by atoms with Crippen LogP contribution in [0.5, 0.6) is 0 Å². The van der Waals surface area contributed by atoms with Crippen LogP contribution >= 0.6 is 23.2 Å². The molecule has 0 fully saturated rings. The second-order valence-corrected chi connectivity index (χ2v) is 3.68. The average Bonchev–Trinajstić information content (AvgIpc) is 1.99. The Labute approximate surface area is 93.8 Å². The van der Waals surface area contributed by atoms with Crippen molar-refractivity contribution in [1.29, 1.82) is 0 Å². The lowest BCUT2D eigenvalue weighted by Gasteiger charge is -2.11. The summed E-state index contributed by atoms with van der Waals surface area (Å²) in [6, 6.07) is 1.91. The maximum absolute atomic E-state index is 12.4. The van der Waals surface area contributed by atoms with Gasteiger partial charge in [-0.15, -0.1) is 0 Å². The van der Waals surface area contributed by atoms with Crippen molar-refractivity contribution >= 4 is 29.0 Å². The molecule has 0 aromatic heterocycles. The molecular weight excluding hydrogens is 252 g/mol. The third kappa shape index (κ3) is 2.63. The van der Waals surface area contributed by atoms with Crippen LogP contribution in [-0.4, -0.2) is 5.78 Å².